The van der Waals surface area contributed by atoms with E-state index in [1.54, 1.807) is 24.3 Å². The van der Waals surface area contributed by atoms with Gasteiger partial charge in [-0.15, -0.1) is 0 Å². The first-order valence-electron chi connectivity index (χ1n) is 12.4. The molecule has 0 bridgehead atoms. The Kier molecular flexibility index (Phi) is 5.68. The van der Waals surface area contributed by atoms with E-state index in [1.165, 1.54) is 0 Å². The largest absolute Gasteiger partial charge is 0.399 e. The van der Waals surface area contributed by atoms with Gasteiger partial charge in [0.25, 0.3) is 0 Å². The molecule has 1 aliphatic carbocycles. The zero-order valence-corrected chi connectivity index (χ0v) is 21.2. The maximum Gasteiger partial charge on any atom is 0.0999 e. The first-order chi connectivity index (χ1) is 19.4. The van der Waals surface area contributed by atoms with Crippen LogP contribution in [0.3, 0.4) is 0 Å². The van der Waals surface area contributed by atoms with Crippen LogP contribution in [0.4, 0.5) is 11.4 Å². The van der Waals surface area contributed by atoms with Crippen LogP contribution in [0.25, 0.3) is 50.5 Å². The van der Waals surface area contributed by atoms with E-state index in [1.807, 2.05) is 66.7 Å². The zero-order valence-electron chi connectivity index (χ0n) is 21.2. The van der Waals surface area contributed by atoms with Crippen molar-refractivity contribution in [2.45, 2.75) is 0 Å². The summed E-state index contributed by atoms with van der Waals surface area (Å²) in [7, 11) is 0. The first-order valence-corrected chi connectivity index (χ1v) is 12.4. The smallest absolute Gasteiger partial charge is 0.0999 e. The van der Waals surface area contributed by atoms with Gasteiger partial charge in [-0.25, -0.2) is 4.98 Å². The molecular weight excluding hydrogens is 494 g/mol. The number of aromatic nitrogens is 1. The highest BCUT2D eigenvalue weighted by Gasteiger charge is 2.23. The second kappa shape index (κ2) is 9.36. The van der Waals surface area contributed by atoms with Gasteiger partial charge in [-0.1, -0.05) is 54.6 Å². The average Bonchev–Trinajstić information content (AvgIpc) is 2.97. The molecule has 4 aromatic carbocycles. The number of hydrogen-bond donors (Lipinski definition) is 4. The van der Waals surface area contributed by atoms with E-state index in [0.717, 1.165) is 33.2 Å². The van der Waals surface area contributed by atoms with Gasteiger partial charge in [0.05, 0.1) is 45.9 Å². The van der Waals surface area contributed by atoms with Crippen molar-refractivity contribution in [2.75, 3.05) is 11.5 Å². The molecule has 40 heavy (non-hydrogen) atoms. The SMILES string of the molecule is N#Cc1ccccc1-c1ccc2c3c(c(-c4ccc(-c5c(N)cc(N)cc5C#N)cc4)nc2c1)C=CC(=N)C3=N. The number of benzene rings is 4. The van der Waals surface area contributed by atoms with E-state index < -0.39 is 0 Å². The Labute approximate surface area is 230 Å². The summed E-state index contributed by atoms with van der Waals surface area (Å²) in [5.74, 6) is 0. The molecule has 188 valence electrons. The lowest BCUT2D eigenvalue weighted by atomic mass is 9.87. The van der Waals surface area contributed by atoms with E-state index in [0.29, 0.717) is 44.8 Å². The third-order valence-electron chi connectivity index (χ3n) is 7.08. The number of allylic oxidation sites excluding steroid dienone is 1. The third kappa shape index (κ3) is 3.87. The lowest BCUT2D eigenvalue weighted by Crippen LogP contribution is -2.17. The fraction of sp³-hybridized carbons (Fsp3) is 0. The number of nitrogen functional groups attached to an aromatic ring is 2. The topological polar surface area (TPSA) is 160 Å². The van der Waals surface area contributed by atoms with E-state index in [4.69, 9.17) is 27.3 Å². The highest BCUT2D eigenvalue weighted by Crippen LogP contribution is 2.38. The first kappa shape index (κ1) is 24.3. The van der Waals surface area contributed by atoms with Gasteiger partial charge >= 0.3 is 0 Å². The molecule has 0 saturated carbocycles. The van der Waals surface area contributed by atoms with Crippen LogP contribution in [0.1, 0.15) is 22.3 Å². The van der Waals surface area contributed by atoms with Crippen molar-refractivity contribution in [1.82, 2.24) is 4.98 Å². The van der Waals surface area contributed by atoms with Gasteiger partial charge in [0.1, 0.15) is 0 Å². The third-order valence-corrected chi connectivity index (χ3v) is 7.08. The number of nitrogens with one attached hydrogen (secondary N) is 2. The summed E-state index contributed by atoms with van der Waals surface area (Å²) in [5.41, 5.74) is 20.7. The standard InChI is InChI=1S/C33H21N7/c34-16-21-3-1-2-4-24(21)20-9-10-25-29(14-20)40-33(26-11-12-27(37)32(39)31(25)26)19-7-5-18(6-8-19)30-22(17-35)13-23(36)15-28(30)38/h1-15,37,39H,36,38H2. The number of fused-ring (bicyclic) bond motifs is 3. The van der Waals surface area contributed by atoms with E-state index in [-0.39, 0.29) is 11.4 Å². The van der Waals surface area contributed by atoms with Crippen LogP contribution < -0.4 is 11.5 Å². The maximum atomic E-state index is 9.64. The number of anilines is 2. The zero-order chi connectivity index (χ0) is 28.0. The fourth-order valence-corrected chi connectivity index (χ4v) is 5.21. The van der Waals surface area contributed by atoms with Crippen LogP contribution >= 0.6 is 0 Å². The van der Waals surface area contributed by atoms with Crippen molar-refractivity contribution in [2.24, 2.45) is 0 Å². The Morgan fingerprint density at radius 3 is 2.15 bits per heavy atom. The molecule has 0 fully saturated rings. The summed E-state index contributed by atoms with van der Waals surface area (Å²) < 4.78 is 0. The molecule has 0 radical (unpaired) electrons. The lowest BCUT2D eigenvalue weighted by Gasteiger charge is -2.20. The number of hydrogen-bond acceptors (Lipinski definition) is 7. The maximum absolute atomic E-state index is 9.64. The monoisotopic (exact) mass is 515 g/mol. The Morgan fingerprint density at radius 1 is 0.700 bits per heavy atom. The summed E-state index contributed by atoms with van der Waals surface area (Å²) in [6.07, 6.45) is 3.44. The van der Waals surface area contributed by atoms with Crippen LogP contribution in [-0.2, 0) is 0 Å². The fourth-order valence-electron chi connectivity index (χ4n) is 5.21. The molecule has 0 saturated heterocycles. The molecule has 0 aliphatic heterocycles. The van der Waals surface area contributed by atoms with Gasteiger partial charge in [0.2, 0.25) is 0 Å². The Bertz CT molecular complexity index is 2020. The minimum atomic E-state index is 0.126. The van der Waals surface area contributed by atoms with Gasteiger partial charge < -0.3 is 11.5 Å². The number of rotatable bonds is 3. The Morgan fingerprint density at radius 2 is 1.40 bits per heavy atom. The molecule has 7 heteroatoms. The van der Waals surface area contributed by atoms with Crippen molar-refractivity contribution in [1.29, 1.82) is 21.3 Å². The molecule has 5 aromatic rings. The summed E-state index contributed by atoms with van der Waals surface area (Å²) in [6, 6.07) is 28.4. The predicted molar refractivity (Wildman–Crippen MR) is 160 cm³/mol. The number of nitriles is 2. The molecule has 7 nitrogen and oxygen atoms in total. The second-order valence-electron chi connectivity index (χ2n) is 9.48. The van der Waals surface area contributed by atoms with Gasteiger partial charge in [0.15, 0.2) is 0 Å². The molecule has 1 aliphatic rings. The Balaban J connectivity index is 1.55. The predicted octanol–water partition coefficient (Wildman–Crippen LogP) is 6.56. The molecule has 0 spiro atoms. The van der Waals surface area contributed by atoms with Gasteiger partial charge in [-0.05, 0) is 53.1 Å². The van der Waals surface area contributed by atoms with Crippen molar-refractivity contribution in [3.05, 3.63) is 107 Å². The molecule has 0 unspecified atom stereocenters. The van der Waals surface area contributed by atoms with E-state index in [2.05, 4.69) is 12.1 Å². The van der Waals surface area contributed by atoms with Crippen molar-refractivity contribution in [3.63, 3.8) is 0 Å². The summed E-state index contributed by atoms with van der Waals surface area (Å²) in [4.78, 5) is 5.03. The van der Waals surface area contributed by atoms with Gasteiger partial charge in [0, 0.05) is 39.0 Å². The summed E-state index contributed by atoms with van der Waals surface area (Å²) >= 11 is 0. The average molecular weight is 516 g/mol. The summed E-state index contributed by atoms with van der Waals surface area (Å²) in [6.45, 7) is 0. The van der Waals surface area contributed by atoms with Crippen LogP contribution in [0.2, 0.25) is 0 Å². The molecule has 1 aromatic heterocycles. The lowest BCUT2D eigenvalue weighted by molar-refractivity contribution is 1.36. The molecule has 0 amide bonds. The molecule has 1 heterocycles. The molecule has 6 N–H and O–H groups in total. The van der Waals surface area contributed by atoms with Crippen LogP contribution in [0.5, 0.6) is 0 Å². The number of nitrogens with two attached hydrogens (primary N) is 2. The second-order valence-corrected chi connectivity index (χ2v) is 9.48. The highest BCUT2D eigenvalue weighted by molar-refractivity contribution is 6.54. The molecule has 0 atom stereocenters. The summed E-state index contributed by atoms with van der Waals surface area (Å²) in [5, 5.41) is 37.0. The van der Waals surface area contributed by atoms with E-state index >= 15 is 0 Å². The minimum absolute atomic E-state index is 0.126. The van der Waals surface area contributed by atoms with Crippen molar-refractivity contribution < 1.29 is 0 Å². The quantitative estimate of drug-likeness (QED) is 0.200. The Hall–Kier alpha value is -6.05. The number of pyridine rings is 1. The van der Waals surface area contributed by atoms with Crippen molar-refractivity contribution >= 4 is 39.8 Å². The van der Waals surface area contributed by atoms with Crippen LogP contribution in [-0.4, -0.2) is 16.4 Å². The van der Waals surface area contributed by atoms with Crippen LogP contribution in [0, 0.1) is 33.5 Å². The molecular formula is C33H21N7. The van der Waals surface area contributed by atoms with E-state index in [9.17, 15) is 10.5 Å². The minimum Gasteiger partial charge on any atom is -0.399 e. The van der Waals surface area contributed by atoms with Gasteiger partial charge in [-0.2, -0.15) is 10.5 Å². The molecule has 6 rings (SSSR count). The van der Waals surface area contributed by atoms with Gasteiger partial charge in [-0.3, -0.25) is 10.8 Å². The highest BCUT2D eigenvalue weighted by atomic mass is 14.7. The normalized spacial score (nSPS) is 12.2. The number of nitrogens with zero attached hydrogens (tertiary/aromatic N) is 3. The van der Waals surface area contributed by atoms with Crippen LogP contribution in [0.15, 0.2) is 84.9 Å². The van der Waals surface area contributed by atoms with Crippen molar-refractivity contribution in [3.8, 4) is 45.6 Å².